The number of thioether (sulfide) groups is 1. The van der Waals surface area contributed by atoms with Crippen LogP contribution in [0, 0.1) is 16.1 Å². The van der Waals surface area contributed by atoms with Crippen molar-refractivity contribution in [2.24, 2.45) is 0 Å². The lowest BCUT2D eigenvalue weighted by Crippen LogP contribution is -2.36. The molecule has 0 saturated carbocycles. The van der Waals surface area contributed by atoms with Crippen LogP contribution in [0.3, 0.4) is 0 Å². The third-order valence-electron chi connectivity index (χ3n) is 2.83. The van der Waals surface area contributed by atoms with Crippen LogP contribution in [0.2, 0.25) is 0 Å². The van der Waals surface area contributed by atoms with E-state index in [1.165, 1.54) is 23.1 Å². The zero-order chi connectivity index (χ0) is 14.1. The molecule has 102 valence electrons. The lowest BCUT2D eigenvalue weighted by molar-refractivity contribution is -0.621. The van der Waals surface area contributed by atoms with Crippen molar-refractivity contribution in [1.82, 2.24) is 15.2 Å². The molecule has 8 heteroatoms. The Morgan fingerprint density at radius 2 is 2.25 bits per heavy atom. The van der Waals surface area contributed by atoms with E-state index in [1.54, 1.807) is 0 Å². The number of fused-ring (bicyclic) bond motifs is 1. The summed E-state index contributed by atoms with van der Waals surface area (Å²) >= 11 is 7.82. The Labute approximate surface area is 128 Å². The number of nitrogens with one attached hydrogen (secondary N) is 1. The van der Waals surface area contributed by atoms with E-state index < -0.39 is 0 Å². The molecule has 0 fully saturated rings. The van der Waals surface area contributed by atoms with Crippen LogP contribution < -0.4 is 4.73 Å². The van der Waals surface area contributed by atoms with Crippen molar-refractivity contribution in [2.45, 2.75) is 17.0 Å². The summed E-state index contributed by atoms with van der Waals surface area (Å²) < 4.78 is 2.33. The molecule has 0 amide bonds. The van der Waals surface area contributed by atoms with Gasteiger partial charge in [0.05, 0.1) is 5.39 Å². The summed E-state index contributed by atoms with van der Waals surface area (Å²) in [7, 11) is 0. The van der Waals surface area contributed by atoms with Gasteiger partial charge in [-0.3, -0.25) is 5.10 Å². The Bertz CT molecular complexity index is 827. The number of hydrogen-bond acceptors (Lipinski definition) is 6. The Morgan fingerprint density at radius 3 is 3.00 bits per heavy atom. The second-order valence-electron chi connectivity index (χ2n) is 4.09. The highest BCUT2D eigenvalue weighted by atomic mass is 32.2. The molecule has 2 heterocycles. The Balaban J connectivity index is 1.95. The van der Waals surface area contributed by atoms with E-state index in [0.29, 0.717) is 21.2 Å². The number of aromatic amines is 1. The quantitative estimate of drug-likeness (QED) is 0.347. The van der Waals surface area contributed by atoms with Gasteiger partial charge in [-0.25, -0.2) is 4.73 Å². The summed E-state index contributed by atoms with van der Waals surface area (Å²) in [6.45, 7) is 1.81. The standard InChI is InChI=1S/C12H10N4OS3/c1-7-8-4-2-3-5-9(8)13-10(16(7)17)6-19-12-15-14-11(18)20-12/h2-5H,6H2,1H3,(H,14,18). The van der Waals surface area contributed by atoms with Crippen molar-refractivity contribution in [3.05, 3.63) is 44.9 Å². The van der Waals surface area contributed by atoms with E-state index >= 15 is 0 Å². The number of H-pyrrole nitrogens is 1. The van der Waals surface area contributed by atoms with Gasteiger partial charge in [-0.15, -0.1) is 0 Å². The van der Waals surface area contributed by atoms with E-state index in [1.807, 2.05) is 31.2 Å². The molecule has 20 heavy (non-hydrogen) atoms. The number of benzene rings is 1. The van der Waals surface area contributed by atoms with Crippen LogP contribution in [-0.4, -0.2) is 15.2 Å². The van der Waals surface area contributed by atoms with Gasteiger partial charge in [-0.05, 0) is 36.3 Å². The molecule has 0 unspecified atom stereocenters. The predicted molar refractivity (Wildman–Crippen MR) is 82.3 cm³/mol. The fraction of sp³-hybridized carbons (Fsp3) is 0.167. The number of aryl methyl sites for hydroxylation is 1. The monoisotopic (exact) mass is 322 g/mol. The molecule has 0 aliphatic heterocycles. The van der Waals surface area contributed by atoms with Crippen molar-refractivity contribution >= 4 is 46.2 Å². The fourth-order valence-corrected chi connectivity index (χ4v) is 3.85. The number of rotatable bonds is 3. The van der Waals surface area contributed by atoms with Gasteiger partial charge >= 0.3 is 5.82 Å². The van der Waals surface area contributed by atoms with Gasteiger partial charge in [0.25, 0.3) is 0 Å². The molecular formula is C12H10N4OS3. The second-order valence-corrected chi connectivity index (χ2v) is 6.98. The third kappa shape index (κ3) is 2.54. The molecule has 3 aromatic rings. The summed E-state index contributed by atoms with van der Waals surface area (Å²) in [5.74, 6) is 0.943. The van der Waals surface area contributed by atoms with Crippen LogP contribution >= 0.6 is 35.3 Å². The molecule has 3 rings (SSSR count). The van der Waals surface area contributed by atoms with Gasteiger partial charge in [0.2, 0.25) is 0 Å². The molecule has 2 aromatic heterocycles. The first-order chi connectivity index (χ1) is 9.65. The fourth-order valence-electron chi connectivity index (χ4n) is 1.86. The van der Waals surface area contributed by atoms with Crippen LogP contribution in [-0.2, 0) is 5.75 Å². The van der Waals surface area contributed by atoms with Gasteiger partial charge in [-0.2, -0.15) is 5.10 Å². The van der Waals surface area contributed by atoms with E-state index in [9.17, 15) is 5.21 Å². The zero-order valence-corrected chi connectivity index (χ0v) is 12.9. The van der Waals surface area contributed by atoms with Crippen LogP contribution in [0.1, 0.15) is 11.5 Å². The summed E-state index contributed by atoms with van der Waals surface area (Å²) in [5.41, 5.74) is 1.50. The van der Waals surface area contributed by atoms with Crippen molar-refractivity contribution in [3.8, 4) is 0 Å². The number of nitrogens with zero attached hydrogens (tertiary/aromatic N) is 3. The van der Waals surface area contributed by atoms with Crippen molar-refractivity contribution < 1.29 is 4.73 Å². The Morgan fingerprint density at radius 1 is 1.45 bits per heavy atom. The topological polar surface area (TPSA) is 68.5 Å². The van der Waals surface area contributed by atoms with Crippen molar-refractivity contribution in [1.29, 1.82) is 0 Å². The Kier molecular flexibility index (Phi) is 3.68. The highest BCUT2D eigenvalue weighted by molar-refractivity contribution is 8.00. The predicted octanol–water partition coefficient (Wildman–Crippen LogP) is 2.98. The second kappa shape index (κ2) is 5.47. The van der Waals surface area contributed by atoms with Gasteiger partial charge in [0.1, 0.15) is 11.4 Å². The maximum absolute atomic E-state index is 12.2. The maximum atomic E-state index is 12.2. The molecule has 0 aliphatic rings. The van der Waals surface area contributed by atoms with Gasteiger partial charge in [0, 0.05) is 0 Å². The van der Waals surface area contributed by atoms with Crippen LogP contribution in [0.25, 0.3) is 10.9 Å². The Hall–Kier alpha value is -1.51. The summed E-state index contributed by atoms with van der Waals surface area (Å²) in [4.78, 5) is 4.43. The first-order valence-electron chi connectivity index (χ1n) is 5.81. The minimum absolute atomic E-state index is 0.464. The van der Waals surface area contributed by atoms with Crippen molar-refractivity contribution in [2.75, 3.05) is 0 Å². The molecule has 0 spiro atoms. The largest absolute Gasteiger partial charge is 0.711 e. The van der Waals surface area contributed by atoms with Gasteiger partial charge in [0.15, 0.2) is 13.8 Å². The van der Waals surface area contributed by atoms with E-state index in [4.69, 9.17) is 12.2 Å². The lowest BCUT2D eigenvalue weighted by atomic mass is 10.2. The first-order valence-corrected chi connectivity index (χ1v) is 8.02. The van der Waals surface area contributed by atoms with Gasteiger partial charge in [-0.1, -0.05) is 35.2 Å². The summed E-state index contributed by atoms with van der Waals surface area (Å²) in [6.07, 6.45) is 0. The molecule has 1 N–H and O–H groups in total. The van der Waals surface area contributed by atoms with E-state index in [-0.39, 0.29) is 0 Å². The normalized spacial score (nSPS) is 11.1. The van der Waals surface area contributed by atoms with E-state index in [2.05, 4.69) is 15.2 Å². The molecule has 0 atom stereocenters. The highest BCUT2D eigenvalue weighted by Gasteiger charge is 2.16. The number of hydrogen-bond donors (Lipinski definition) is 1. The van der Waals surface area contributed by atoms with Crippen LogP contribution in [0.15, 0.2) is 28.6 Å². The first kappa shape index (κ1) is 13.5. The minimum atomic E-state index is 0.464. The summed E-state index contributed by atoms with van der Waals surface area (Å²) in [5, 5.41) is 19.9. The molecule has 5 nitrogen and oxygen atoms in total. The molecule has 0 radical (unpaired) electrons. The SMILES string of the molecule is Cc1c2ccccc2nc(CSc2n[nH]c(=S)s2)[n+]1[O-]. The minimum Gasteiger partial charge on any atom is -0.711 e. The number of para-hydroxylation sites is 1. The summed E-state index contributed by atoms with van der Waals surface area (Å²) in [6, 6.07) is 7.64. The average molecular weight is 322 g/mol. The average Bonchev–Trinajstić information content (AvgIpc) is 2.87. The number of aromatic nitrogens is 4. The zero-order valence-electron chi connectivity index (χ0n) is 10.5. The molecule has 0 aliphatic carbocycles. The smallest absolute Gasteiger partial charge is 0.312 e. The van der Waals surface area contributed by atoms with Crippen LogP contribution in [0.5, 0.6) is 0 Å². The lowest BCUT2D eigenvalue weighted by Gasteiger charge is -2.10. The molecular weight excluding hydrogens is 312 g/mol. The molecule has 0 bridgehead atoms. The molecule has 1 aromatic carbocycles. The van der Waals surface area contributed by atoms with Gasteiger partial charge < -0.3 is 5.21 Å². The highest BCUT2D eigenvalue weighted by Crippen LogP contribution is 2.24. The van der Waals surface area contributed by atoms with E-state index in [0.717, 1.165) is 20.0 Å². The third-order valence-corrected chi connectivity index (χ3v) is 5.05. The van der Waals surface area contributed by atoms with Crippen molar-refractivity contribution in [3.63, 3.8) is 0 Å². The van der Waals surface area contributed by atoms with Crippen LogP contribution in [0.4, 0.5) is 0 Å². The maximum Gasteiger partial charge on any atom is 0.312 e. The molecule has 0 saturated heterocycles.